The number of aryl methyl sites for hydroxylation is 3. The number of anilines is 1. The Labute approximate surface area is 121 Å². The smallest absolute Gasteiger partial charge is 0.271 e. The molecule has 2 aromatic rings. The van der Waals surface area contributed by atoms with Crippen molar-refractivity contribution in [1.29, 1.82) is 0 Å². The summed E-state index contributed by atoms with van der Waals surface area (Å²) in [5, 5.41) is 10.7. The van der Waals surface area contributed by atoms with Crippen molar-refractivity contribution in [3.8, 4) is 0 Å². The first kappa shape index (κ1) is 14.8. The van der Waals surface area contributed by atoms with E-state index < -0.39 is 5.91 Å². The molecule has 0 fully saturated rings. The van der Waals surface area contributed by atoms with Gasteiger partial charge >= 0.3 is 0 Å². The molecule has 0 saturated carbocycles. The number of nitrogens with zero attached hydrogens (tertiary/aromatic N) is 4. The SMILES string of the molecule is CCn1cc(NC(=O)CCc2cnn(C)c2)c(C(N)=O)n1. The van der Waals surface area contributed by atoms with Crippen LogP contribution >= 0.6 is 0 Å². The van der Waals surface area contributed by atoms with Gasteiger partial charge in [-0.1, -0.05) is 0 Å². The summed E-state index contributed by atoms with van der Waals surface area (Å²) in [7, 11) is 1.82. The Hall–Kier alpha value is -2.64. The first-order valence-electron chi connectivity index (χ1n) is 6.64. The predicted octanol–water partition coefficient (Wildman–Crippen LogP) is 0.307. The van der Waals surface area contributed by atoms with E-state index in [0.717, 1.165) is 5.56 Å². The van der Waals surface area contributed by atoms with Crippen LogP contribution in [-0.4, -0.2) is 31.4 Å². The summed E-state index contributed by atoms with van der Waals surface area (Å²) in [5.74, 6) is -0.859. The molecule has 112 valence electrons. The van der Waals surface area contributed by atoms with Gasteiger partial charge in [0.25, 0.3) is 5.91 Å². The van der Waals surface area contributed by atoms with Crippen molar-refractivity contribution >= 4 is 17.5 Å². The molecule has 0 aliphatic carbocycles. The molecule has 0 aromatic carbocycles. The van der Waals surface area contributed by atoms with Gasteiger partial charge in [0.05, 0.1) is 11.9 Å². The Morgan fingerprint density at radius 3 is 2.71 bits per heavy atom. The second kappa shape index (κ2) is 6.21. The van der Waals surface area contributed by atoms with Crippen molar-refractivity contribution in [1.82, 2.24) is 19.6 Å². The van der Waals surface area contributed by atoms with E-state index in [-0.39, 0.29) is 11.6 Å². The van der Waals surface area contributed by atoms with Crippen molar-refractivity contribution in [2.45, 2.75) is 26.3 Å². The molecule has 8 heteroatoms. The van der Waals surface area contributed by atoms with E-state index in [9.17, 15) is 9.59 Å². The minimum absolute atomic E-state index is 0.0755. The van der Waals surface area contributed by atoms with E-state index >= 15 is 0 Å². The highest BCUT2D eigenvalue weighted by molar-refractivity contribution is 6.01. The normalized spacial score (nSPS) is 10.6. The molecule has 2 amide bonds. The molecule has 8 nitrogen and oxygen atoms in total. The fraction of sp³-hybridized carbons (Fsp3) is 0.385. The molecule has 0 aliphatic rings. The summed E-state index contributed by atoms with van der Waals surface area (Å²) in [5.41, 5.74) is 6.65. The van der Waals surface area contributed by atoms with Crippen LogP contribution in [0.2, 0.25) is 0 Å². The third-order valence-corrected chi connectivity index (χ3v) is 2.99. The lowest BCUT2D eigenvalue weighted by atomic mass is 10.2. The number of hydrogen-bond donors (Lipinski definition) is 2. The van der Waals surface area contributed by atoms with Crippen molar-refractivity contribution in [3.63, 3.8) is 0 Å². The van der Waals surface area contributed by atoms with Crippen molar-refractivity contribution < 1.29 is 9.59 Å². The molecule has 0 bridgehead atoms. The van der Waals surface area contributed by atoms with Crippen LogP contribution in [0.15, 0.2) is 18.6 Å². The van der Waals surface area contributed by atoms with Crippen LogP contribution in [0.5, 0.6) is 0 Å². The molecule has 0 saturated heterocycles. The minimum atomic E-state index is -0.662. The predicted molar refractivity (Wildman–Crippen MR) is 76.6 cm³/mol. The van der Waals surface area contributed by atoms with E-state index in [4.69, 9.17) is 5.73 Å². The second-order valence-electron chi connectivity index (χ2n) is 4.68. The van der Waals surface area contributed by atoms with E-state index in [1.54, 1.807) is 21.8 Å². The van der Waals surface area contributed by atoms with E-state index in [0.29, 0.717) is 25.1 Å². The van der Waals surface area contributed by atoms with Crippen LogP contribution in [0, 0.1) is 0 Å². The molecule has 0 spiro atoms. The lowest BCUT2D eigenvalue weighted by Gasteiger charge is -2.02. The van der Waals surface area contributed by atoms with Gasteiger partial charge in [-0.25, -0.2) is 0 Å². The van der Waals surface area contributed by atoms with Gasteiger partial charge in [-0.2, -0.15) is 10.2 Å². The third-order valence-electron chi connectivity index (χ3n) is 2.99. The van der Waals surface area contributed by atoms with Crippen LogP contribution in [0.4, 0.5) is 5.69 Å². The maximum Gasteiger partial charge on any atom is 0.271 e. The Morgan fingerprint density at radius 1 is 1.38 bits per heavy atom. The molecular weight excluding hydrogens is 272 g/mol. The number of amides is 2. The fourth-order valence-electron chi connectivity index (χ4n) is 1.93. The van der Waals surface area contributed by atoms with Gasteiger partial charge in [0.1, 0.15) is 0 Å². The average Bonchev–Trinajstić information content (AvgIpc) is 3.02. The molecule has 3 N–H and O–H groups in total. The highest BCUT2D eigenvalue weighted by atomic mass is 16.2. The summed E-state index contributed by atoms with van der Waals surface area (Å²) < 4.78 is 3.24. The molecule has 0 unspecified atom stereocenters. The Kier molecular flexibility index (Phi) is 4.36. The highest BCUT2D eigenvalue weighted by Crippen LogP contribution is 2.14. The summed E-state index contributed by atoms with van der Waals surface area (Å²) in [6.45, 7) is 2.47. The zero-order valence-electron chi connectivity index (χ0n) is 12.0. The number of carbonyl (C=O) groups excluding carboxylic acids is 2. The summed E-state index contributed by atoms with van der Waals surface area (Å²) in [6.07, 6.45) is 6.05. The van der Waals surface area contributed by atoms with Gasteiger partial charge in [0, 0.05) is 32.4 Å². The van der Waals surface area contributed by atoms with Gasteiger partial charge in [-0.15, -0.1) is 0 Å². The van der Waals surface area contributed by atoms with Gasteiger partial charge < -0.3 is 11.1 Å². The van der Waals surface area contributed by atoms with E-state index in [1.165, 1.54) is 0 Å². The molecule has 0 aliphatic heterocycles. The minimum Gasteiger partial charge on any atom is -0.364 e. The molecule has 2 heterocycles. The number of nitrogens with one attached hydrogen (secondary N) is 1. The fourth-order valence-corrected chi connectivity index (χ4v) is 1.93. The molecule has 2 rings (SSSR count). The number of hydrogen-bond acceptors (Lipinski definition) is 4. The molecule has 21 heavy (non-hydrogen) atoms. The zero-order chi connectivity index (χ0) is 15.4. The summed E-state index contributed by atoms with van der Waals surface area (Å²) in [6, 6.07) is 0. The van der Waals surface area contributed by atoms with Gasteiger partial charge in [0.15, 0.2) is 5.69 Å². The molecule has 0 radical (unpaired) electrons. The number of rotatable bonds is 6. The monoisotopic (exact) mass is 290 g/mol. The second-order valence-corrected chi connectivity index (χ2v) is 4.68. The van der Waals surface area contributed by atoms with Gasteiger partial charge in [0.2, 0.25) is 5.91 Å². The maximum absolute atomic E-state index is 11.9. The Morgan fingerprint density at radius 2 is 2.14 bits per heavy atom. The van der Waals surface area contributed by atoms with Crippen LogP contribution in [0.3, 0.4) is 0 Å². The van der Waals surface area contributed by atoms with Gasteiger partial charge in [-0.3, -0.25) is 19.0 Å². The average molecular weight is 290 g/mol. The van der Waals surface area contributed by atoms with Crippen LogP contribution in [-0.2, 0) is 24.8 Å². The topological polar surface area (TPSA) is 108 Å². The molecular formula is C13H18N6O2. The number of carbonyl (C=O) groups is 2. The molecule has 0 atom stereocenters. The number of primary amides is 1. The summed E-state index contributed by atoms with van der Waals surface area (Å²) >= 11 is 0. The maximum atomic E-state index is 11.9. The number of aromatic nitrogens is 4. The molecule has 2 aromatic heterocycles. The first-order chi connectivity index (χ1) is 9.99. The van der Waals surface area contributed by atoms with Crippen LogP contribution in [0.25, 0.3) is 0 Å². The Bertz CT molecular complexity index is 657. The first-order valence-corrected chi connectivity index (χ1v) is 6.64. The largest absolute Gasteiger partial charge is 0.364 e. The third kappa shape index (κ3) is 3.68. The highest BCUT2D eigenvalue weighted by Gasteiger charge is 2.16. The zero-order valence-corrected chi connectivity index (χ0v) is 12.0. The lowest BCUT2D eigenvalue weighted by molar-refractivity contribution is -0.116. The number of nitrogens with two attached hydrogens (primary N) is 1. The van der Waals surface area contributed by atoms with Crippen molar-refractivity contribution in [2.24, 2.45) is 12.8 Å². The summed E-state index contributed by atoms with van der Waals surface area (Å²) in [4.78, 5) is 23.2. The van der Waals surface area contributed by atoms with E-state index in [1.807, 2.05) is 20.2 Å². The quantitative estimate of drug-likeness (QED) is 0.798. The van der Waals surface area contributed by atoms with E-state index in [2.05, 4.69) is 15.5 Å². The Balaban J connectivity index is 1.99. The standard InChI is InChI=1S/C13H18N6O2/c1-3-19-8-10(12(17-19)13(14)21)16-11(20)5-4-9-6-15-18(2)7-9/h6-8H,3-5H2,1-2H3,(H2,14,21)(H,16,20). The lowest BCUT2D eigenvalue weighted by Crippen LogP contribution is -2.18. The van der Waals surface area contributed by atoms with Gasteiger partial charge in [-0.05, 0) is 18.9 Å². The van der Waals surface area contributed by atoms with Crippen LogP contribution in [0.1, 0.15) is 29.4 Å². The van der Waals surface area contributed by atoms with Crippen molar-refractivity contribution in [3.05, 3.63) is 29.8 Å². The van der Waals surface area contributed by atoms with Crippen molar-refractivity contribution in [2.75, 3.05) is 5.32 Å². The van der Waals surface area contributed by atoms with Crippen LogP contribution < -0.4 is 11.1 Å².